The van der Waals surface area contributed by atoms with E-state index >= 15 is 0 Å². The zero-order valence-corrected chi connectivity index (χ0v) is 11.1. The second-order valence-corrected chi connectivity index (χ2v) is 5.32. The van der Waals surface area contributed by atoms with Gasteiger partial charge in [-0.05, 0) is 25.0 Å². The highest BCUT2D eigenvalue weighted by atomic mass is 32.2. The van der Waals surface area contributed by atoms with Gasteiger partial charge in [0, 0.05) is 18.1 Å². The molecule has 4 heteroatoms. The number of thioether (sulfide) groups is 1. The average molecular weight is 263 g/mol. The Bertz CT molecular complexity index is 411. The summed E-state index contributed by atoms with van der Waals surface area (Å²) in [5, 5.41) is 8.91. The van der Waals surface area contributed by atoms with Crippen LogP contribution in [-0.2, 0) is 4.74 Å². The fourth-order valence-electron chi connectivity index (χ4n) is 1.89. The number of para-hydroxylation sites is 1. The van der Waals surface area contributed by atoms with E-state index in [4.69, 9.17) is 14.7 Å². The molecule has 2 rings (SSSR count). The highest BCUT2D eigenvalue weighted by molar-refractivity contribution is 7.99. The van der Waals surface area contributed by atoms with Crippen molar-refractivity contribution >= 4 is 11.8 Å². The average Bonchev–Trinajstić information content (AvgIpc) is 2.92. The molecule has 18 heavy (non-hydrogen) atoms. The van der Waals surface area contributed by atoms with Crippen LogP contribution in [0.4, 0.5) is 0 Å². The van der Waals surface area contributed by atoms with Crippen LogP contribution in [0, 0.1) is 11.3 Å². The van der Waals surface area contributed by atoms with Crippen molar-refractivity contribution in [1.29, 1.82) is 5.26 Å². The Balaban J connectivity index is 1.64. The molecular formula is C14H17NO2S. The minimum Gasteiger partial charge on any atom is -0.491 e. The summed E-state index contributed by atoms with van der Waals surface area (Å²) in [5.74, 6) is 2.65. The first-order valence-corrected chi connectivity index (χ1v) is 7.37. The van der Waals surface area contributed by atoms with Gasteiger partial charge in [0.2, 0.25) is 0 Å². The molecule has 1 unspecified atom stereocenters. The third-order valence-electron chi connectivity index (χ3n) is 2.82. The number of rotatable bonds is 6. The van der Waals surface area contributed by atoms with E-state index in [0.717, 1.165) is 18.1 Å². The standard InChI is InChI=1S/C14H17NO2S/c15-10-12-4-1-2-6-14(12)17-8-9-18-11-13-5-3-7-16-13/h1-2,4,6,13H,3,5,7-9,11H2. The minimum absolute atomic E-state index is 0.432. The molecule has 1 aromatic carbocycles. The van der Waals surface area contributed by atoms with Crippen molar-refractivity contribution in [3.05, 3.63) is 29.8 Å². The maximum Gasteiger partial charge on any atom is 0.137 e. The number of ether oxygens (including phenoxy) is 2. The molecule has 0 spiro atoms. The third kappa shape index (κ3) is 3.94. The molecule has 1 aliphatic rings. The Kier molecular flexibility index (Phi) is 5.37. The van der Waals surface area contributed by atoms with E-state index < -0.39 is 0 Å². The summed E-state index contributed by atoms with van der Waals surface area (Å²) in [6, 6.07) is 9.47. The van der Waals surface area contributed by atoms with Crippen LogP contribution >= 0.6 is 11.8 Å². The van der Waals surface area contributed by atoms with Gasteiger partial charge in [-0.25, -0.2) is 0 Å². The number of nitriles is 1. The van der Waals surface area contributed by atoms with Gasteiger partial charge >= 0.3 is 0 Å². The van der Waals surface area contributed by atoms with Crippen LogP contribution in [0.2, 0.25) is 0 Å². The molecule has 1 aliphatic heterocycles. The highest BCUT2D eigenvalue weighted by Crippen LogP contribution is 2.19. The molecule has 0 aromatic heterocycles. The molecule has 1 heterocycles. The highest BCUT2D eigenvalue weighted by Gasteiger charge is 2.14. The number of nitrogens with zero attached hydrogens (tertiary/aromatic N) is 1. The zero-order chi connectivity index (χ0) is 12.6. The lowest BCUT2D eigenvalue weighted by Crippen LogP contribution is -2.10. The van der Waals surface area contributed by atoms with E-state index in [1.807, 2.05) is 30.0 Å². The fourth-order valence-corrected chi connectivity index (χ4v) is 2.78. The van der Waals surface area contributed by atoms with E-state index in [-0.39, 0.29) is 0 Å². The topological polar surface area (TPSA) is 42.2 Å². The molecule has 0 saturated carbocycles. The van der Waals surface area contributed by atoms with E-state index in [0.29, 0.717) is 24.0 Å². The van der Waals surface area contributed by atoms with Crippen molar-refractivity contribution in [2.45, 2.75) is 18.9 Å². The largest absolute Gasteiger partial charge is 0.491 e. The van der Waals surface area contributed by atoms with Gasteiger partial charge in [0.1, 0.15) is 11.8 Å². The number of hydrogen-bond donors (Lipinski definition) is 0. The lowest BCUT2D eigenvalue weighted by atomic mass is 10.2. The van der Waals surface area contributed by atoms with E-state index in [1.54, 1.807) is 6.07 Å². The molecule has 1 saturated heterocycles. The summed E-state index contributed by atoms with van der Waals surface area (Å²) in [4.78, 5) is 0. The Hall–Kier alpha value is -1.18. The summed E-state index contributed by atoms with van der Waals surface area (Å²) in [5.41, 5.74) is 0.599. The van der Waals surface area contributed by atoms with Gasteiger partial charge in [0.15, 0.2) is 0 Å². The number of benzene rings is 1. The van der Waals surface area contributed by atoms with E-state index in [2.05, 4.69) is 6.07 Å². The van der Waals surface area contributed by atoms with Gasteiger partial charge in [-0.1, -0.05) is 12.1 Å². The Morgan fingerprint density at radius 3 is 3.11 bits per heavy atom. The van der Waals surface area contributed by atoms with Crippen molar-refractivity contribution in [2.75, 3.05) is 24.7 Å². The molecule has 0 N–H and O–H groups in total. The first-order valence-electron chi connectivity index (χ1n) is 6.21. The van der Waals surface area contributed by atoms with E-state index in [1.165, 1.54) is 12.8 Å². The summed E-state index contributed by atoms with van der Waals surface area (Å²) >= 11 is 1.85. The monoisotopic (exact) mass is 263 g/mol. The molecule has 0 amide bonds. The molecule has 1 atom stereocenters. The zero-order valence-electron chi connectivity index (χ0n) is 10.3. The number of hydrogen-bond acceptors (Lipinski definition) is 4. The maximum atomic E-state index is 8.91. The predicted octanol–water partition coefficient (Wildman–Crippen LogP) is 2.85. The SMILES string of the molecule is N#Cc1ccccc1OCCSCC1CCCO1. The normalized spacial score (nSPS) is 18.5. The second-order valence-electron chi connectivity index (χ2n) is 4.17. The van der Waals surface area contributed by atoms with Crippen LogP contribution in [0.5, 0.6) is 5.75 Å². The van der Waals surface area contributed by atoms with Crippen LogP contribution in [0.3, 0.4) is 0 Å². The maximum absolute atomic E-state index is 8.91. The van der Waals surface area contributed by atoms with Gasteiger partial charge < -0.3 is 9.47 Å². The third-order valence-corrected chi connectivity index (χ3v) is 3.88. The Morgan fingerprint density at radius 2 is 2.33 bits per heavy atom. The van der Waals surface area contributed by atoms with Crippen LogP contribution in [0.25, 0.3) is 0 Å². The van der Waals surface area contributed by atoms with E-state index in [9.17, 15) is 0 Å². The molecule has 96 valence electrons. The molecule has 3 nitrogen and oxygen atoms in total. The van der Waals surface area contributed by atoms with Crippen LogP contribution in [0.1, 0.15) is 18.4 Å². The molecule has 0 radical (unpaired) electrons. The summed E-state index contributed by atoms with van der Waals surface area (Å²) < 4.78 is 11.2. The van der Waals surface area contributed by atoms with Crippen LogP contribution < -0.4 is 4.74 Å². The Labute approximate surface area is 112 Å². The van der Waals surface area contributed by atoms with Gasteiger partial charge in [0.25, 0.3) is 0 Å². The minimum atomic E-state index is 0.432. The lowest BCUT2D eigenvalue weighted by Gasteiger charge is -2.10. The van der Waals surface area contributed by atoms with Gasteiger partial charge in [0.05, 0.1) is 18.3 Å². The van der Waals surface area contributed by atoms with Crippen molar-refractivity contribution in [3.8, 4) is 11.8 Å². The molecular weight excluding hydrogens is 246 g/mol. The smallest absolute Gasteiger partial charge is 0.137 e. The molecule has 0 bridgehead atoms. The van der Waals surface area contributed by atoms with Crippen molar-refractivity contribution in [1.82, 2.24) is 0 Å². The summed E-state index contributed by atoms with van der Waals surface area (Å²) in [6.07, 6.45) is 2.81. The van der Waals surface area contributed by atoms with Gasteiger partial charge in [-0.15, -0.1) is 0 Å². The van der Waals surface area contributed by atoms with Gasteiger partial charge in [-0.2, -0.15) is 17.0 Å². The van der Waals surface area contributed by atoms with Crippen LogP contribution in [0.15, 0.2) is 24.3 Å². The van der Waals surface area contributed by atoms with Crippen LogP contribution in [-0.4, -0.2) is 30.8 Å². The second kappa shape index (κ2) is 7.30. The predicted molar refractivity (Wildman–Crippen MR) is 73.0 cm³/mol. The molecule has 1 aromatic rings. The molecule has 1 fully saturated rings. The first-order chi connectivity index (χ1) is 8.90. The Morgan fingerprint density at radius 1 is 1.44 bits per heavy atom. The fraction of sp³-hybridized carbons (Fsp3) is 0.500. The lowest BCUT2D eigenvalue weighted by molar-refractivity contribution is 0.129. The van der Waals surface area contributed by atoms with Crippen molar-refractivity contribution in [2.24, 2.45) is 0 Å². The first kappa shape index (κ1) is 13.3. The summed E-state index contributed by atoms with van der Waals surface area (Å²) in [7, 11) is 0. The van der Waals surface area contributed by atoms with Crippen molar-refractivity contribution in [3.63, 3.8) is 0 Å². The van der Waals surface area contributed by atoms with Gasteiger partial charge in [-0.3, -0.25) is 0 Å². The molecule has 0 aliphatic carbocycles. The van der Waals surface area contributed by atoms with Crippen molar-refractivity contribution < 1.29 is 9.47 Å². The quantitative estimate of drug-likeness (QED) is 0.740. The summed E-state index contributed by atoms with van der Waals surface area (Å²) in [6.45, 7) is 1.55.